The van der Waals surface area contributed by atoms with Crippen molar-refractivity contribution in [3.05, 3.63) is 78.5 Å². The minimum Gasteiger partial charge on any atom is -0.496 e. The molecule has 1 atom stereocenters. The van der Waals surface area contributed by atoms with Crippen molar-refractivity contribution in [3.8, 4) is 22.9 Å². The molecule has 0 saturated carbocycles. The number of carbonyl (C=O) groups is 1. The Morgan fingerprint density at radius 3 is 2.52 bits per heavy atom. The predicted octanol–water partition coefficient (Wildman–Crippen LogP) is 4.94. The van der Waals surface area contributed by atoms with Crippen LogP contribution in [-0.2, 0) is 11.2 Å². The number of amides is 1. The van der Waals surface area contributed by atoms with Crippen molar-refractivity contribution in [2.45, 2.75) is 13.3 Å². The van der Waals surface area contributed by atoms with Crippen LogP contribution < -0.4 is 4.74 Å². The molecule has 0 bridgehead atoms. The number of carbonyl (C=O) groups excluding carboxylic acids is 1. The lowest BCUT2D eigenvalue weighted by atomic mass is 9.79. The number of rotatable bonds is 5. The molecule has 4 nitrogen and oxygen atoms in total. The van der Waals surface area contributed by atoms with Crippen molar-refractivity contribution in [1.29, 1.82) is 5.26 Å². The number of hydrogen-bond acceptors (Lipinski definition) is 3. The Hall–Kier alpha value is -3.58. The maximum Gasteiger partial charge on any atom is 0.247 e. The van der Waals surface area contributed by atoms with E-state index in [4.69, 9.17) is 4.74 Å². The fraction of sp³-hybridized carbons (Fsp3) is 0.200. The largest absolute Gasteiger partial charge is 0.496 e. The monoisotopic (exact) mass is 382 g/mol. The summed E-state index contributed by atoms with van der Waals surface area (Å²) in [6, 6.07) is 22.3. The number of methoxy groups -OCH3 is 1. The smallest absolute Gasteiger partial charge is 0.247 e. The number of ether oxygens (including phenoxy) is 1. The van der Waals surface area contributed by atoms with Gasteiger partial charge in [0, 0.05) is 24.7 Å². The fourth-order valence-corrected chi connectivity index (χ4v) is 3.84. The van der Waals surface area contributed by atoms with Gasteiger partial charge in [0.15, 0.2) is 0 Å². The molecule has 0 fully saturated rings. The van der Waals surface area contributed by atoms with Gasteiger partial charge in [0.2, 0.25) is 5.91 Å². The number of hydrogen-bond donors (Lipinski definition) is 0. The second-order valence-electron chi connectivity index (χ2n) is 7.48. The molecule has 0 radical (unpaired) electrons. The molecule has 144 valence electrons. The molecular formula is C25H22N2O2. The van der Waals surface area contributed by atoms with E-state index < -0.39 is 5.41 Å². The lowest BCUT2D eigenvalue weighted by Gasteiger charge is -2.31. The second kappa shape index (κ2) is 7.44. The van der Waals surface area contributed by atoms with E-state index in [0.717, 1.165) is 33.2 Å². The Balaban J connectivity index is 1.91. The summed E-state index contributed by atoms with van der Waals surface area (Å²) in [7, 11) is 1.65. The highest BCUT2D eigenvalue weighted by Gasteiger charge is 2.38. The fourth-order valence-electron chi connectivity index (χ4n) is 3.84. The van der Waals surface area contributed by atoms with Crippen LogP contribution in [0.5, 0.6) is 5.75 Å². The maximum atomic E-state index is 13.0. The van der Waals surface area contributed by atoms with Crippen molar-refractivity contribution in [2.75, 3.05) is 13.7 Å². The number of fused-ring (bicyclic) bond motifs is 1. The Kier molecular flexibility index (Phi) is 4.82. The molecule has 3 aromatic rings. The average Bonchev–Trinajstić information content (AvgIpc) is 2.72. The standard InChI is InChI=1S/C25H22N2O2/c1-25(17-26,24(28)27-14-7-15-27)16-22-19-9-4-3-8-18(19)12-13-20(22)21-10-5-6-11-23(21)29-2/h3-14H,15-16H2,1-2H3. The van der Waals surface area contributed by atoms with Crippen LogP contribution in [0.15, 0.2) is 72.9 Å². The van der Waals surface area contributed by atoms with Crippen molar-refractivity contribution < 1.29 is 9.53 Å². The number of nitriles is 1. The van der Waals surface area contributed by atoms with E-state index in [1.165, 1.54) is 0 Å². The van der Waals surface area contributed by atoms with Crippen LogP contribution in [0.1, 0.15) is 12.5 Å². The van der Waals surface area contributed by atoms with E-state index in [1.54, 1.807) is 25.1 Å². The van der Waals surface area contributed by atoms with Gasteiger partial charge in [-0.3, -0.25) is 4.79 Å². The van der Waals surface area contributed by atoms with Gasteiger partial charge in [-0.2, -0.15) is 5.26 Å². The van der Waals surface area contributed by atoms with Crippen LogP contribution in [0.25, 0.3) is 21.9 Å². The highest BCUT2D eigenvalue weighted by atomic mass is 16.5. The van der Waals surface area contributed by atoms with Crippen molar-refractivity contribution >= 4 is 16.7 Å². The van der Waals surface area contributed by atoms with E-state index in [9.17, 15) is 10.1 Å². The highest BCUT2D eigenvalue weighted by molar-refractivity contribution is 5.95. The molecule has 0 aromatic heterocycles. The third kappa shape index (κ3) is 3.25. The lowest BCUT2D eigenvalue weighted by molar-refractivity contribution is -0.136. The molecule has 1 unspecified atom stereocenters. The third-order valence-corrected chi connectivity index (χ3v) is 5.54. The molecule has 4 heteroatoms. The Bertz CT molecular complexity index is 1160. The van der Waals surface area contributed by atoms with Crippen molar-refractivity contribution in [3.63, 3.8) is 0 Å². The number of para-hydroxylation sites is 1. The SMILES string of the molecule is COc1ccccc1-c1ccc2ccccc2c1CC(C)(C#N)C(=O)N1C=CC1. The summed E-state index contributed by atoms with van der Waals surface area (Å²) < 4.78 is 5.59. The number of benzene rings is 3. The van der Waals surface area contributed by atoms with Crippen LogP contribution >= 0.6 is 0 Å². The van der Waals surface area contributed by atoms with Gasteiger partial charge < -0.3 is 9.64 Å². The molecule has 29 heavy (non-hydrogen) atoms. The average molecular weight is 382 g/mol. The molecule has 1 heterocycles. The second-order valence-corrected chi connectivity index (χ2v) is 7.48. The Morgan fingerprint density at radius 2 is 1.83 bits per heavy atom. The molecule has 0 saturated heterocycles. The van der Waals surface area contributed by atoms with Gasteiger partial charge >= 0.3 is 0 Å². The highest BCUT2D eigenvalue weighted by Crippen LogP contribution is 2.39. The summed E-state index contributed by atoms with van der Waals surface area (Å²) in [4.78, 5) is 14.6. The van der Waals surface area contributed by atoms with E-state index >= 15 is 0 Å². The first-order chi connectivity index (χ1) is 14.1. The van der Waals surface area contributed by atoms with Gasteiger partial charge in [-0.05, 0) is 41.0 Å². The van der Waals surface area contributed by atoms with Gasteiger partial charge in [0.1, 0.15) is 11.2 Å². The zero-order valence-corrected chi connectivity index (χ0v) is 16.6. The topological polar surface area (TPSA) is 53.3 Å². The first-order valence-electron chi connectivity index (χ1n) is 9.60. The first-order valence-corrected chi connectivity index (χ1v) is 9.60. The summed E-state index contributed by atoms with van der Waals surface area (Å²) in [5, 5.41) is 12.1. The molecule has 3 aromatic carbocycles. The van der Waals surface area contributed by atoms with Crippen LogP contribution in [0, 0.1) is 16.7 Å². The van der Waals surface area contributed by atoms with E-state index in [1.807, 2.05) is 42.5 Å². The Morgan fingerprint density at radius 1 is 1.10 bits per heavy atom. The molecule has 0 spiro atoms. The maximum absolute atomic E-state index is 13.0. The van der Waals surface area contributed by atoms with Crippen molar-refractivity contribution in [1.82, 2.24) is 4.90 Å². The van der Waals surface area contributed by atoms with Gasteiger partial charge in [-0.1, -0.05) is 54.6 Å². The normalized spacial score (nSPS) is 14.7. The molecule has 0 aliphatic carbocycles. The van der Waals surface area contributed by atoms with E-state index in [-0.39, 0.29) is 5.91 Å². The molecule has 4 rings (SSSR count). The summed E-state index contributed by atoms with van der Waals surface area (Å²) in [5.74, 6) is 0.598. The predicted molar refractivity (Wildman–Crippen MR) is 114 cm³/mol. The number of nitrogens with zero attached hydrogens (tertiary/aromatic N) is 2. The van der Waals surface area contributed by atoms with Crippen LogP contribution in [-0.4, -0.2) is 24.5 Å². The van der Waals surface area contributed by atoms with Gasteiger partial charge in [0.25, 0.3) is 0 Å². The van der Waals surface area contributed by atoms with Gasteiger partial charge in [-0.25, -0.2) is 0 Å². The summed E-state index contributed by atoms with van der Waals surface area (Å²) in [6.07, 6.45) is 3.97. The Labute approximate surface area is 170 Å². The van der Waals surface area contributed by atoms with Crippen molar-refractivity contribution in [2.24, 2.45) is 5.41 Å². The zero-order valence-electron chi connectivity index (χ0n) is 16.6. The first kappa shape index (κ1) is 18.8. The summed E-state index contributed by atoms with van der Waals surface area (Å²) >= 11 is 0. The third-order valence-electron chi connectivity index (χ3n) is 5.54. The quantitative estimate of drug-likeness (QED) is 0.628. The summed E-state index contributed by atoms with van der Waals surface area (Å²) in [6.45, 7) is 2.29. The van der Waals surface area contributed by atoms with Gasteiger partial charge in [-0.15, -0.1) is 0 Å². The molecule has 1 aliphatic rings. The lowest BCUT2D eigenvalue weighted by Crippen LogP contribution is -2.43. The molecular weight excluding hydrogens is 360 g/mol. The van der Waals surface area contributed by atoms with Crippen LogP contribution in [0.4, 0.5) is 0 Å². The molecule has 1 amide bonds. The van der Waals surface area contributed by atoms with Crippen LogP contribution in [0.3, 0.4) is 0 Å². The molecule has 0 N–H and O–H groups in total. The van der Waals surface area contributed by atoms with Gasteiger partial charge in [0.05, 0.1) is 13.2 Å². The van der Waals surface area contributed by atoms with Crippen LogP contribution in [0.2, 0.25) is 0 Å². The zero-order chi connectivity index (χ0) is 20.4. The minimum absolute atomic E-state index is 0.165. The summed E-state index contributed by atoms with van der Waals surface area (Å²) in [5.41, 5.74) is 1.75. The van der Waals surface area contributed by atoms with E-state index in [0.29, 0.717) is 13.0 Å². The van der Waals surface area contributed by atoms with E-state index in [2.05, 4.69) is 30.3 Å². The minimum atomic E-state index is -1.16. The molecule has 1 aliphatic heterocycles.